The predicted molar refractivity (Wildman–Crippen MR) is 117 cm³/mol. The highest BCUT2D eigenvalue weighted by Gasteiger charge is 2.09. The fourth-order valence-electron chi connectivity index (χ4n) is 2.55. The first kappa shape index (κ1) is 22.9. The maximum atomic E-state index is 12.4. The maximum Gasteiger partial charge on any atom is 0.255 e. The van der Waals surface area contributed by atoms with E-state index in [9.17, 15) is 14.4 Å². The van der Waals surface area contributed by atoms with Gasteiger partial charge in [-0.3, -0.25) is 14.4 Å². The van der Waals surface area contributed by atoms with Gasteiger partial charge in [0.1, 0.15) is 5.75 Å². The Morgan fingerprint density at radius 1 is 0.800 bits per heavy atom. The Labute approximate surface area is 177 Å². The van der Waals surface area contributed by atoms with E-state index in [0.29, 0.717) is 42.9 Å². The van der Waals surface area contributed by atoms with Crippen molar-refractivity contribution in [3.63, 3.8) is 0 Å². The third-order valence-electron chi connectivity index (χ3n) is 4.34. The lowest BCUT2D eigenvalue weighted by Crippen LogP contribution is -2.34. The van der Waals surface area contributed by atoms with Gasteiger partial charge in [-0.15, -0.1) is 0 Å². The van der Waals surface area contributed by atoms with E-state index in [-0.39, 0.29) is 17.7 Å². The lowest BCUT2D eigenvalue weighted by atomic mass is 10.1. The highest BCUT2D eigenvalue weighted by Crippen LogP contribution is 2.15. The first-order valence-electron chi connectivity index (χ1n) is 10.2. The molecule has 0 heterocycles. The van der Waals surface area contributed by atoms with Crippen LogP contribution in [0, 0.1) is 0 Å². The Hall–Kier alpha value is -3.35. The molecule has 160 valence electrons. The van der Waals surface area contributed by atoms with Crippen molar-refractivity contribution < 1.29 is 19.1 Å². The topological polar surface area (TPSA) is 96.5 Å². The van der Waals surface area contributed by atoms with Crippen molar-refractivity contribution in [1.82, 2.24) is 10.6 Å². The summed E-state index contributed by atoms with van der Waals surface area (Å²) in [5, 5.41) is 8.24. The number of hydrogen-bond donors (Lipinski definition) is 3. The van der Waals surface area contributed by atoms with Crippen molar-refractivity contribution in [2.24, 2.45) is 0 Å². The Morgan fingerprint density at radius 2 is 1.40 bits per heavy atom. The molecule has 0 atom stereocenters. The number of hydrogen-bond acceptors (Lipinski definition) is 4. The average molecular weight is 412 g/mol. The average Bonchev–Trinajstić information content (AvgIpc) is 2.77. The third-order valence-corrected chi connectivity index (χ3v) is 4.34. The molecule has 0 unspecified atom stereocenters. The Balaban J connectivity index is 1.82. The van der Waals surface area contributed by atoms with E-state index in [1.807, 2.05) is 0 Å². The fourth-order valence-corrected chi connectivity index (χ4v) is 2.55. The van der Waals surface area contributed by atoms with Gasteiger partial charge in [-0.05, 0) is 55.0 Å². The van der Waals surface area contributed by atoms with Crippen molar-refractivity contribution in [2.45, 2.75) is 33.1 Å². The molecule has 3 amide bonds. The van der Waals surface area contributed by atoms with Crippen molar-refractivity contribution >= 4 is 23.4 Å². The molecule has 2 aromatic rings. The van der Waals surface area contributed by atoms with Crippen LogP contribution >= 0.6 is 0 Å². The number of ether oxygens (including phenoxy) is 1. The Morgan fingerprint density at radius 3 is 2.03 bits per heavy atom. The molecular weight excluding hydrogens is 382 g/mol. The summed E-state index contributed by atoms with van der Waals surface area (Å²) < 4.78 is 5.60. The molecule has 0 saturated carbocycles. The molecule has 0 aromatic heterocycles. The molecular formula is C23H29N3O4. The lowest BCUT2D eigenvalue weighted by Gasteiger charge is -2.09. The van der Waals surface area contributed by atoms with Crippen LogP contribution in [0.1, 0.15) is 53.8 Å². The van der Waals surface area contributed by atoms with Crippen LogP contribution in [0.25, 0.3) is 0 Å². The van der Waals surface area contributed by atoms with E-state index in [4.69, 9.17) is 4.74 Å². The quantitative estimate of drug-likeness (QED) is 0.494. The fraction of sp³-hybridized carbons (Fsp3) is 0.348. The largest absolute Gasteiger partial charge is 0.494 e. The van der Waals surface area contributed by atoms with E-state index >= 15 is 0 Å². The second-order valence-electron chi connectivity index (χ2n) is 6.72. The van der Waals surface area contributed by atoms with Crippen LogP contribution in [0.4, 0.5) is 5.69 Å². The van der Waals surface area contributed by atoms with E-state index in [1.54, 1.807) is 55.5 Å². The van der Waals surface area contributed by atoms with E-state index in [1.165, 1.54) is 0 Å². The molecule has 0 saturated heterocycles. The van der Waals surface area contributed by atoms with Crippen LogP contribution in [0.15, 0.2) is 48.5 Å². The van der Waals surface area contributed by atoms with Crippen LogP contribution in [0.3, 0.4) is 0 Å². The number of nitrogens with one attached hydrogen (secondary N) is 3. The SMILES string of the molecule is CCCCOc1ccc(C(=O)Nc2ccc(C(=O)NCCNC(=O)CC)cc2)cc1. The van der Waals surface area contributed by atoms with E-state index in [2.05, 4.69) is 22.9 Å². The highest BCUT2D eigenvalue weighted by molar-refractivity contribution is 6.04. The first-order chi connectivity index (χ1) is 14.5. The van der Waals surface area contributed by atoms with Crippen LogP contribution in [0.2, 0.25) is 0 Å². The molecule has 0 spiro atoms. The van der Waals surface area contributed by atoms with Crippen molar-refractivity contribution in [2.75, 3.05) is 25.0 Å². The molecule has 0 aliphatic heterocycles. The summed E-state index contributed by atoms with van der Waals surface area (Å²) in [5.74, 6) is 0.212. The smallest absolute Gasteiger partial charge is 0.255 e. The van der Waals surface area contributed by atoms with Gasteiger partial charge in [-0.25, -0.2) is 0 Å². The van der Waals surface area contributed by atoms with E-state index in [0.717, 1.165) is 18.6 Å². The summed E-state index contributed by atoms with van der Waals surface area (Å²) in [6.45, 7) is 5.27. The molecule has 7 nitrogen and oxygen atoms in total. The molecule has 0 radical (unpaired) electrons. The minimum atomic E-state index is -0.239. The second-order valence-corrected chi connectivity index (χ2v) is 6.72. The number of carbonyl (C=O) groups excluding carboxylic acids is 3. The molecule has 3 N–H and O–H groups in total. The van der Waals surface area contributed by atoms with Crippen molar-refractivity contribution in [1.29, 1.82) is 0 Å². The normalized spacial score (nSPS) is 10.2. The van der Waals surface area contributed by atoms with Gasteiger partial charge in [0.2, 0.25) is 5.91 Å². The maximum absolute atomic E-state index is 12.4. The summed E-state index contributed by atoms with van der Waals surface area (Å²) in [4.78, 5) is 35.7. The molecule has 2 rings (SSSR count). The van der Waals surface area contributed by atoms with Gasteiger partial charge in [-0.1, -0.05) is 20.3 Å². The molecule has 0 bridgehead atoms. The number of unbranched alkanes of at least 4 members (excludes halogenated alkanes) is 1. The zero-order valence-corrected chi connectivity index (χ0v) is 17.5. The van der Waals surface area contributed by atoms with Crippen molar-refractivity contribution in [3.8, 4) is 5.75 Å². The minimum Gasteiger partial charge on any atom is -0.494 e. The van der Waals surface area contributed by atoms with Crippen LogP contribution in [-0.2, 0) is 4.79 Å². The number of rotatable bonds is 11. The van der Waals surface area contributed by atoms with Gasteiger partial charge in [0.15, 0.2) is 0 Å². The third kappa shape index (κ3) is 7.58. The highest BCUT2D eigenvalue weighted by atomic mass is 16.5. The molecule has 0 aliphatic carbocycles. The standard InChI is InChI=1S/C23H29N3O4/c1-3-5-16-30-20-12-8-18(9-13-20)23(29)26-19-10-6-17(7-11-19)22(28)25-15-14-24-21(27)4-2/h6-13H,3-5,14-16H2,1-2H3,(H,24,27)(H,25,28)(H,26,29). The number of anilines is 1. The second kappa shape index (κ2) is 12.3. The number of carbonyl (C=O) groups is 3. The lowest BCUT2D eigenvalue weighted by molar-refractivity contribution is -0.120. The van der Waals surface area contributed by atoms with Gasteiger partial charge < -0.3 is 20.7 Å². The number of benzene rings is 2. The molecule has 30 heavy (non-hydrogen) atoms. The monoisotopic (exact) mass is 411 g/mol. The zero-order chi connectivity index (χ0) is 21.8. The van der Waals surface area contributed by atoms with Gasteiger partial charge in [0, 0.05) is 36.3 Å². The minimum absolute atomic E-state index is 0.0528. The van der Waals surface area contributed by atoms with Gasteiger partial charge in [0.25, 0.3) is 11.8 Å². The summed E-state index contributed by atoms with van der Waals surface area (Å²) >= 11 is 0. The molecule has 0 aliphatic rings. The Bertz CT molecular complexity index is 833. The summed E-state index contributed by atoms with van der Waals surface area (Å²) in [6, 6.07) is 13.6. The van der Waals surface area contributed by atoms with Crippen LogP contribution < -0.4 is 20.7 Å². The van der Waals surface area contributed by atoms with E-state index < -0.39 is 0 Å². The summed E-state index contributed by atoms with van der Waals surface area (Å²) in [7, 11) is 0. The number of amides is 3. The molecule has 2 aromatic carbocycles. The zero-order valence-electron chi connectivity index (χ0n) is 17.5. The first-order valence-corrected chi connectivity index (χ1v) is 10.2. The molecule has 7 heteroatoms. The summed E-state index contributed by atoms with van der Waals surface area (Å²) in [5.41, 5.74) is 1.59. The van der Waals surface area contributed by atoms with Crippen molar-refractivity contribution in [3.05, 3.63) is 59.7 Å². The Kier molecular flexibility index (Phi) is 9.37. The predicted octanol–water partition coefficient (Wildman–Crippen LogP) is 3.37. The van der Waals surface area contributed by atoms with Crippen LogP contribution in [-0.4, -0.2) is 37.4 Å². The molecule has 0 fully saturated rings. The van der Waals surface area contributed by atoms with Gasteiger partial charge in [0.05, 0.1) is 6.61 Å². The van der Waals surface area contributed by atoms with Gasteiger partial charge >= 0.3 is 0 Å². The van der Waals surface area contributed by atoms with Gasteiger partial charge in [-0.2, -0.15) is 0 Å². The summed E-state index contributed by atoms with van der Waals surface area (Å²) in [6.07, 6.45) is 2.47. The van der Waals surface area contributed by atoms with Crippen LogP contribution in [0.5, 0.6) is 5.75 Å².